The summed E-state index contributed by atoms with van der Waals surface area (Å²) >= 11 is 0. The summed E-state index contributed by atoms with van der Waals surface area (Å²) in [6.07, 6.45) is 1.87. The first kappa shape index (κ1) is 24.2. The van der Waals surface area contributed by atoms with E-state index in [1.807, 2.05) is 37.4 Å². The van der Waals surface area contributed by atoms with Gasteiger partial charge in [0.15, 0.2) is 5.96 Å². The normalized spacial score (nSPS) is 14.8. The summed E-state index contributed by atoms with van der Waals surface area (Å²) in [6.45, 7) is 8.09. The molecule has 1 saturated heterocycles. The van der Waals surface area contributed by atoms with Crippen molar-refractivity contribution in [1.29, 1.82) is 0 Å². The van der Waals surface area contributed by atoms with E-state index in [0.717, 1.165) is 49.3 Å². The van der Waals surface area contributed by atoms with Crippen LogP contribution in [0.2, 0.25) is 0 Å². The third-order valence-corrected chi connectivity index (χ3v) is 5.06. The maximum atomic E-state index is 5.71. The van der Waals surface area contributed by atoms with Crippen LogP contribution in [-0.4, -0.2) is 62.7 Å². The number of rotatable bonds is 7. The SMILES string of the molecule is CCOc1ccccc1CNC(=NC)NCc1cccnc1N1CCN(C)CC1.I. The molecule has 0 atom stereocenters. The standard InChI is InChI=1S/C22H32N6O.HI/c1-4-29-20-10-6-5-8-18(20)16-25-22(23-2)26-17-19-9-7-11-24-21(19)28-14-12-27(3)13-15-28;/h5-11H,4,12-17H2,1-3H3,(H2,23,25,26);1H. The number of para-hydroxylation sites is 1. The lowest BCUT2D eigenvalue weighted by molar-refractivity contribution is 0.312. The third-order valence-electron chi connectivity index (χ3n) is 5.06. The fraction of sp³-hybridized carbons (Fsp3) is 0.455. The molecule has 1 aromatic heterocycles. The third kappa shape index (κ3) is 6.73. The molecule has 2 heterocycles. The Labute approximate surface area is 196 Å². The van der Waals surface area contributed by atoms with Gasteiger partial charge in [-0.2, -0.15) is 0 Å². The number of aliphatic imine (C=N–C) groups is 1. The Hall–Kier alpha value is -2.07. The van der Waals surface area contributed by atoms with Gasteiger partial charge in [0.2, 0.25) is 0 Å². The number of nitrogens with one attached hydrogen (secondary N) is 2. The molecule has 1 aliphatic heterocycles. The van der Waals surface area contributed by atoms with Gasteiger partial charge < -0.3 is 25.2 Å². The number of piperazine rings is 1. The number of guanidine groups is 1. The van der Waals surface area contributed by atoms with Crippen molar-refractivity contribution in [3.63, 3.8) is 0 Å². The molecule has 1 fully saturated rings. The molecule has 8 heteroatoms. The van der Waals surface area contributed by atoms with Crippen LogP contribution in [0.4, 0.5) is 5.82 Å². The Kier molecular flexibility index (Phi) is 10.2. The van der Waals surface area contributed by atoms with E-state index in [0.29, 0.717) is 19.7 Å². The quantitative estimate of drug-likeness (QED) is 0.330. The summed E-state index contributed by atoms with van der Waals surface area (Å²) in [7, 11) is 3.95. The Bertz CT molecular complexity index is 808. The van der Waals surface area contributed by atoms with Crippen LogP contribution in [0.5, 0.6) is 5.75 Å². The molecule has 2 N–H and O–H groups in total. The fourth-order valence-corrected chi connectivity index (χ4v) is 3.40. The molecular weight excluding hydrogens is 491 g/mol. The van der Waals surface area contributed by atoms with Crippen LogP contribution < -0.4 is 20.3 Å². The van der Waals surface area contributed by atoms with Gasteiger partial charge in [-0.3, -0.25) is 4.99 Å². The van der Waals surface area contributed by atoms with E-state index in [-0.39, 0.29) is 24.0 Å². The van der Waals surface area contributed by atoms with Crippen LogP contribution in [0.1, 0.15) is 18.1 Å². The van der Waals surface area contributed by atoms with Crippen molar-refractivity contribution in [3.05, 3.63) is 53.7 Å². The number of benzene rings is 1. The van der Waals surface area contributed by atoms with Crippen molar-refractivity contribution in [2.24, 2.45) is 4.99 Å². The van der Waals surface area contributed by atoms with Crippen molar-refractivity contribution >= 4 is 35.8 Å². The van der Waals surface area contributed by atoms with Crippen LogP contribution in [0.3, 0.4) is 0 Å². The average molecular weight is 524 g/mol. The van der Waals surface area contributed by atoms with E-state index in [1.54, 1.807) is 7.05 Å². The second-order valence-corrected chi connectivity index (χ2v) is 7.10. The van der Waals surface area contributed by atoms with Crippen LogP contribution in [0.15, 0.2) is 47.6 Å². The lowest BCUT2D eigenvalue weighted by atomic mass is 10.2. The zero-order valence-electron chi connectivity index (χ0n) is 18.1. The zero-order valence-corrected chi connectivity index (χ0v) is 20.4. The maximum absolute atomic E-state index is 5.71. The molecule has 0 radical (unpaired) electrons. The Morgan fingerprint density at radius 2 is 1.70 bits per heavy atom. The van der Waals surface area contributed by atoms with E-state index < -0.39 is 0 Å². The van der Waals surface area contributed by atoms with E-state index >= 15 is 0 Å². The monoisotopic (exact) mass is 524 g/mol. The predicted molar refractivity (Wildman–Crippen MR) is 134 cm³/mol. The summed E-state index contributed by atoms with van der Waals surface area (Å²) in [6, 6.07) is 12.2. The van der Waals surface area contributed by atoms with Gasteiger partial charge in [0.25, 0.3) is 0 Å². The van der Waals surface area contributed by atoms with Gasteiger partial charge in [-0.25, -0.2) is 4.98 Å². The molecule has 30 heavy (non-hydrogen) atoms. The molecule has 3 rings (SSSR count). The molecule has 1 aliphatic rings. The Balaban J connectivity index is 0.00000320. The minimum atomic E-state index is 0. The Morgan fingerprint density at radius 1 is 1.03 bits per heavy atom. The lowest BCUT2D eigenvalue weighted by Gasteiger charge is -2.34. The first-order valence-corrected chi connectivity index (χ1v) is 10.2. The molecule has 164 valence electrons. The fourth-order valence-electron chi connectivity index (χ4n) is 3.40. The molecule has 1 aromatic carbocycles. The van der Waals surface area contributed by atoms with Crippen molar-refractivity contribution < 1.29 is 4.74 Å². The van der Waals surface area contributed by atoms with Crippen molar-refractivity contribution in [2.75, 3.05) is 51.8 Å². The summed E-state index contributed by atoms with van der Waals surface area (Å²) in [5.41, 5.74) is 2.28. The second-order valence-electron chi connectivity index (χ2n) is 7.10. The minimum absolute atomic E-state index is 0. The molecule has 0 spiro atoms. The number of nitrogens with zero attached hydrogens (tertiary/aromatic N) is 4. The van der Waals surface area contributed by atoms with Crippen molar-refractivity contribution in [2.45, 2.75) is 20.0 Å². The number of halogens is 1. The number of ether oxygens (including phenoxy) is 1. The highest BCUT2D eigenvalue weighted by molar-refractivity contribution is 14.0. The maximum Gasteiger partial charge on any atom is 0.191 e. The van der Waals surface area contributed by atoms with Gasteiger partial charge in [-0.15, -0.1) is 24.0 Å². The number of aromatic nitrogens is 1. The number of hydrogen-bond acceptors (Lipinski definition) is 5. The van der Waals surface area contributed by atoms with E-state index in [9.17, 15) is 0 Å². The topological polar surface area (TPSA) is 65.0 Å². The summed E-state index contributed by atoms with van der Waals surface area (Å²) in [5, 5.41) is 6.79. The lowest BCUT2D eigenvalue weighted by Crippen LogP contribution is -2.45. The zero-order chi connectivity index (χ0) is 20.5. The first-order valence-electron chi connectivity index (χ1n) is 10.2. The van der Waals surface area contributed by atoms with Gasteiger partial charge in [0.05, 0.1) is 6.61 Å². The Morgan fingerprint density at radius 3 is 2.40 bits per heavy atom. The van der Waals surface area contributed by atoms with Gasteiger partial charge in [0.1, 0.15) is 11.6 Å². The highest BCUT2D eigenvalue weighted by Gasteiger charge is 2.18. The summed E-state index contributed by atoms with van der Waals surface area (Å²) in [5.74, 6) is 2.72. The highest BCUT2D eigenvalue weighted by Crippen LogP contribution is 2.19. The second kappa shape index (κ2) is 12.6. The number of hydrogen-bond donors (Lipinski definition) is 2. The average Bonchev–Trinajstić information content (AvgIpc) is 2.76. The molecule has 2 aromatic rings. The number of pyridine rings is 1. The highest BCUT2D eigenvalue weighted by atomic mass is 127. The summed E-state index contributed by atoms with van der Waals surface area (Å²) < 4.78 is 5.71. The number of likely N-dealkylation sites (N-methyl/N-ethyl adjacent to an activating group) is 1. The van der Waals surface area contributed by atoms with E-state index in [2.05, 4.69) is 49.6 Å². The largest absolute Gasteiger partial charge is 0.494 e. The smallest absolute Gasteiger partial charge is 0.191 e. The van der Waals surface area contributed by atoms with Crippen molar-refractivity contribution in [1.82, 2.24) is 20.5 Å². The number of anilines is 1. The molecule has 0 bridgehead atoms. The van der Waals surface area contributed by atoms with Gasteiger partial charge >= 0.3 is 0 Å². The summed E-state index contributed by atoms with van der Waals surface area (Å²) in [4.78, 5) is 13.7. The first-order chi connectivity index (χ1) is 14.2. The molecular formula is C22H33IN6O. The molecule has 0 unspecified atom stereocenters. The van der Waals surface area contributed by atoms with E-state index in [4.69, 9.17) is 4.74 Å². The van der Waals surface area contributed by atoms with Gasteiger partial charge in [-0.1, -0.05) is 24.3 Å². The van der Waals surface area contributed by atoms with Crippen LogP contribution in [-0.2, 0) is 13.1 Å². The molecule has 0 aliphatic carbocycles. The molecule has 0 amide bonds. The predicted octanol–water partition coefficient (Wildman–Crippen LogP) is 2.72. The van der Waals surface area contributed by atoms with Crippen LogP contribution >= 0.6 is 24.0 Å². The van der Waals surface area contributed by atoms with Crippen molar-refractivity contribution in [3.8, 4) is 5.75 Å². The van der Waals surface area contributed by atoms with Gasteiger partial charge in [-0.05, 0) is 26.1 Å². The van der Waals surface area contributed by atoms with Gasteiger partial charge in [0, 0.05) is 63.6 Å². The van der Waals surface area contributed by atoms with E-state index in [1.165, 1.54) is 5.56 Å². The van der Waals surface area contributed by atoms with Crippen LogP contribution in [0, 0.1) is 0 Å². The molecule has 0 saturated carbocycles. The van der Waals surface area contributed by atoms with Crippen LogP contribution in [0.25, 0.3) is 0 Å². The minimum Gasteiger partial charge on any atom is -0.494 e. The molecule has 7 nitrogen and oxygen atoms in total.